The van der Waals surface area contributed by atoms with E-state index in [2.05, 4.69) is 154 Å². The summed E-state index contributed by atoms with van der Waals surface area (Å²) < 4.78 is 43.2. The molecule has 7 nitrogen and oxygen atoms in total. The highest BCUT2D eigenvalue weighted by molar-refractivity contribution is 7.21. The van der Waals surface area contributed by atoms with Gasteiger partial charge in [-0.15, -0.1) is 13.2 Å². The lowest BCUT2D eigenvalue weighted by atomic mass is 9.65. The number of hydrogen-bond donors (Lipinski definition) is 4. The van der Waals surface area contributed by atoms with Crippen LogP contribution >= 0.6 is 11.1 Å². The van der Waals surface area contributed by atoms with Crippen LogP contribution in [0.25, 0.3) is 0 Å². The van der Waals surface area contributed by atoms with E-state index in [4.69, 9.17) is 31.3 Å². The van der Waals surface area contributed by atoms with Crippen molar-refractivity contribution in [3.63, 3.8) is 0 Å². The van der Waals surface area contributed by atoms with Crippen LogP contribution < -0.4 is 25.9 Å². The van der Waals surface area contributed by atoms with Gasteiger partial charge >= 0.3 is 8.56 Å². The fraction of sp³-hybridized carbons (Fsp3) is 0.460. The van der Waals surface area contributed by atoms with Gasteiger partial charge in [0.2, 0.25) is 41.6 Å². The summed E-state index contributed by atoms with van der Waals surface area (Å²) >= 11 is 5.74. The summed E-state index contributed by atoms with van der Waals surface area (Å²) in [6.45, 7) is 48.8. The van der Waals surface area contributed by atoms with Gasteiger partial charge in [0.25, 0.3) is 0 Å². The van der Waals surface area contributed by atoms with Crippen LogP contribution in [0.5, 0.6) is 0 Å². The molecule has 0 saturated carbocycles. The Bertz CT molecular complexity index is 2350. The van der Waals surface area contributed by atoms with E-state index in [1.54, 1.807) is 0 Å². The number of ether oxygens (including phenoxy) is 1. The summed E-state index contributed by atoms with van der Waals surface area (Å²) in [7, 11) is -13.7. The van der Waals surface area contributed by atoms with E-state index < -0.39 is 71.3 Å². The van der Waals surface area contributed by atoms with Gasteiger partial charge in [0.15, 0.2) is 15.7 Å². The molecule has 6 rings (SSSR count). The van der Waals surface area contributed by atoms with Crippen LogP contribution in [0.4, 0.5) is 0 Å². The fourth-order valence-corrected chi connectivity index (χ4v) is 25.0. The van der Waals surface area contributed by atoms with Crippen molar-refractivity contribution in [2.45, 2.75) is 179 Å². The van der Waals surface area contributed by atoms with Gasteiger partial charge in [-0.2, -0.15) is 11.1 Å². The average Bonchev–Trinajstić information content (AvgIpc) is 4.10. The second-order valence-electron chi connectivity index (χ2n) is 25.1. The predicted molar refractivity (Wildman–Crippen MR) is 384 cm³/mol. The summed E-state index contributed by atoms with van der Waals surface area (Å²) in [6, 6.07) is 42.3. The molecule has 4 N–H and O–H groups in total. The van der Waals surface area contributed by atoms with E-state index in [1.807, 2.05) is 125 Å². The number of rotatable bonds is 15. The molecular formula is C63H116BClO7Si8. The van der Waals surface area contributed by atoms with Crippen molar-refractivity contribution in [3.05, 3.63) is 174 Å². The van der Waals surface area contributed by atoms with Crippen molar-refractivity contribution in [1.29, 1.82) is 1.34 Å². The number of benzene rings is 5. The SMILES string of the molecule is C.C.C.C.C1CCOC1.C=C[Si](C)(C)Cl.C=C[Si](C)(C)O[Si](C)(C)O[Si](C)(C)c1ccc(C(C)(C)C)cc1.C[Si](C)(O)c1ccc(C(c2ccc([Si](C)(C)O)cc2)(c2ccc([Si](C)(C)O)cc2)c2ccc([Si](C)(C)O)cc2)cc1.[2H][2H].[2H][3H].[2H][B]. The van der Waals surface area contributed by atoms with Crippen LogP contribution in [0, 0.1) is 0 Å². The summed E-state index contributed by atoms with van der Waals surface area (Å²) in [4.78, 5) is 43.3. The van der Waals surface area contributed by atoms with Crippen molar-refractivity contribution < 1.29 is 38.1 Å². The molecule has 0 aliphatic carbocycles. The normalized spacial score (nSPS) is 13.5. The Morgan fingerprint density at radius 1 is 0.500 bits per heavy atom. The van der Waals surface area contributed by atoms with Crippen LogP contribution in [0.1, 0.15) is 97.1 Å². The average molecular weight is 1260 g/mol. The monoisotopic (exact) mass is 1260 g/mol. The van der Waals surface area contributed by atoms with Crippen molar-refractivity contribution in [3.8, 4) is 0 Å². The molecule has 80 heavy (non-hydrogen) atoms. The molecule has 5 aromatic rings. The van der Waals surface area contributed by atoms with Gasteiger partial charge in [-0.1, -0.05) is 196 Å². The second kappa shape index (κ2) is 32.1. The maximum Gasteiger partial charge on any atom is 0.311 e. The first-order chi connectivity index (χ1) is 37.1. The zero-order valence-electron chi connectivity index (χ0n) is 54.9. The first-order valence-electron chi connectivity index (χ1n) is 29.1. The zero-order chi connectivity index (χ0) is 63.3. The largest absolute Gasteiger partial charge is 0.433 e. The summed E-state index contributed by atoms with van der Waals surface area (Å²) in [5.41, 5.74) is 8.85. The van der Waals surface area contributed by atoms with E-state index in [-0.39, 0.29) is 35.1 Å². The number of hydrogen-bond acceptors (Lipinski definition) is 7. The fourth-order valence-electron chi connectivity index (χ4n) is 8.76. The van der Waals surface area contributed by atoms with E-state index in [0.717, 1.165) is 56.2 Å². The summed E-state index contributed by atoms with van der Waals surface area (Å²) in [5, 5.41) is 5.18. The van der Waals surface area contributed by atoms with Gasteiger partial charge in [0, 0.05) is 27.5 Å². The van der Waals surface area contributed by atoms with Gasteiger partial charge in [-0.25, -0.2) is 0 Å². The minimum absolute atomic E-state index is 0. The molecule has 0 spiro atoms. The molecule has 17 heteroatoms. The Kier molecular flexibility index (Phi) is 30.2. The lowest BCUT2D eigenvalue weighted by Gasteiger charge is -2.38. The van der Waals surface area contributed by atoms with E-state index in [0.29, 0.717) is 0 Å². The van der Waals surface area contributed by atoms with Crippen molar-refractivity contribution >= 4 is 111 Å². The molecule has 5 aromatic carbocycles. The highest BCUT2D eigenvalue weighted by Crippen LogP contribution is 2.45. The van der Waals surface area contributed by atoms with Crippen molar-refractivity contribution in [2.24, 2.45) is 0 Å². The van der Waals surface area contributed by atoms with E-state index in [9.17, 15) is 19.2 Å². The molecule has 0 atom stereocenters. The van der Waals surface area contributed by atoms with E-state index >= 15 is 0 Å². The molecule has 452 valence electrons. The second-order valence-corrected chi connectivity index (χ2v) is 58.0. The van der Waals surface area contributed by atoms with Gasteiger partial charge in [0.1, 0.15) is 0 Å². The van der Waals surface area contributed by atoms with Crippen LogP contribution in [-0.2, 0) is 23.8 Å². The van der Waals surface area contributed by atoms with Gasteiger partial charge in [0.05, 0.1) is 5.41 Å². The maximum atomic E-state index is 10.8. The molecule has 1 saturated heterocycles. The van der Waals surface area contributed by atoms with Crippen LogP contribution in [0.2, 0.25) is 105 Å². The molecule has 0 aromatic heterocycles. The van der Waals surface area contributed by atoms with Gasteiger partial charge in [-0.3, -0.25) is 0 Å². The molecule has 0 bridgehead atoms. The van der Waals surface area contributed by atoms with Crippen molar-refractivity contribution in [1.82, 2.24) is 0 Å². The third-order valence-electron chi connectivity index (χ3n) is 13.4. The highest BCUT2D eigenvalue weighted by Gasteiger charge is 2.41. The predicted octanol–water partition coefficient (Wildman–Crippen LogP) is 14.1. The highest BCUT2D eigenvalue weighted by atomic mass is 35.6. The maximum absolute atomic E-state index is 10.8. The molecule has 1 aliphatic heterocycles. The quantitative estimate of drug-likeness (QED) is 0.0470. The first-order valence-corrected chi connectivity index (χ1v) is 51.1. The molecule has 1 aliphatic rings. The Morgan fingerprint density at radius 3 is 0.925 bits per heavy atom. The van der Waals surface area contributed by atoms with E-state index in [1.165, 1.54) is 23.6 Å². The Balaban J connectivity index is -0.000000409. The third kappa shape index (κ3) is 24.5. The molecule has 1 heterocycles. The van der Waals surface area contributed by atoms with Gasteiger partial charge < -0.3 is 32.1 Å². The molecule has 0 unspecified atom stereocenters. The summed E-state index contributed by atoms with van der Waals surface area (Å²) in [5.74, 6) is 0. The minimum atomic E-state index is -2.51. The molecular weight excluding hydrogens is 1140 g/mol. The Labute approximate surface area is 513 Å². The smallest absolute Gasteiger partial charge is 0.311 e. The zero-order valence-corrected chi connectivity index (χ0v) is 58.7. The number of halogens is 1. The molecule has 1 fully saturated rings. The van der Waals surface area contributed by atoms with Crippen LogP contribution in [0.15, 0.2) is 146 Å². The minimum Gasteiger partial charge on any atom is -0.433 e. The third-order valence-corrected chi connectivity index (χ3v) is 32.6. The lowest BCUT2D eigenvalue weighted by Crippen LogP contribution is -2.56. The first kappa shape index (κ1) is 75.4. The van der Waals surface area contributed by atoms with Crippen LogP contribution in [-0.4, -0.2) is 108 Å². The summed E-state index contributed by atoms with van der Waals surface area (Å²) in [6.07, 6.45) is 2.56. The molecule has 2 radical (unpaired) electrons. The topological polar surface area (TPSA) is 109 Å². The standard InChI is InChI=1S/C33H44O4Si4.C18H34O2Si3.C4H9ClSi.C4H8O.4CH4.BH.2H2/c1-38(2,34)29-17-9-25(10-18-29)33(26-11-19-30(20-12-26)39(3,4)35,27-13-21-31(22-14-27)40(5,6)36)28-15-23-32(24-16-28)41(7,8)37;1-11-21(5,6)19-23(9,10)20-22(7,8)17-14-12-16(13-15-17)18(2,3)4;1-4-6(2,3)5;1-2-4-5-3-1;;;;;;;/h9-24,34-37H,1-8H3;11-15H,1H2,2-10H3;4H,1H2,2-3H3;1-4H2;4*1H4;3*1H/i;;;;;;;;1D;1+2D;1+1D. The van der Waals surface area contributed by atoms with Crippen LogP contribution in [0.3, 0.4) is 0 Å². The lowest BCUT2D eigenvalue weighted by molar-refractivity contribution is 0.198. The van der Waals surface area contributed by atoms with Gasteiger partial charge in [-0.05, 0) is 165 Å². The van der Waals surface area contributed by atoms with Crippen molar-refractivity contribution in [2.75, 3.05) is 13.2 Å². The molecule has 0 amide bonds. The Morgan fingerprint density at radius 2 is 0.738 bits per heavy atom. The Hall–Kier alpha value is -2.61.